The molecule has 1 aromatic heterocycles. The first-order chi connectivity index (χ1) is 8.79. The number of rotatable bonds is 4. The highest BCUT2D eigenvalue weighted by Gasteiger charge is 2.15. The van der Waals surface area contributed by atoms with Crippen molar-refractivity contribution in [3.05, 3.63) is 23.9 Å². The molecule has 5 heteroatoms. The highest BCUT2D eigenvalue weighted by atomic mass is 16.5. The maximum Gasteiger partial charge on any atom is 0.252 e. The molecule has 0 unspecified atom stereocenters. The van der Waals surface area contributed by atoms with Gasteiger partial charge in [-0.15, -0.1) is 0 Å². The number of ether oxygens (including phenoxy) is 2. The Kier molecular flexibility index (Phi) is 4.52. The Bertz CT molecular complexity index is 386. The minimum atomic E-state index is -0.109. The summed E-state index contributed by atoms with van der Waals surface area (Å²) in [6.07, 6.45) is 3.49. The van der Waals surface area contributed by atoms with E-state index in [0.717, 1.165) is 26.1 Å². The van der Waals surface area contributed by atoms with Crippen LogP contribution in [0.2, 0.25) is 0 Å². The topological polar surface area (TPSA) is 60.5 Å². The zero-order chi connectivity index (χ0) is 12.8. The van der Waals surface area contributed by atoms with Crippen molar-refractivity contribution in [1.82, 2.24) is 10.3 Å². The van der Waals surface area contributed by atoms with E-state index in [-0.39, 0.29) is 12.0 Å². The molecular formula is C13H18N2O3. The minimum Gasteiger partial charge on any atom is -0.474 e. The summed E-state index contributed by atoms with van der Waals surface area (Å²) in [6.45, 7) is 3.97. The molecule has 1 aromatic rings. The van der Waals surface area contributed by atoms with Crippen molar-refractivity contribution in [3.63, 3.8) is 0 Å². The molecule has 0 saturated carbocycles. The van der Waals surface area contributed by atoms with Gasteiger partial charge in [0.05, 0.1) is 18.8 Å². The lowest BCUT2D eigenvalue weighted by molar-refractivity contribution is 0.0237. The van der Waals surface area contributed by atoms with Gasteiger partial charge in [-0.05, 0) is 13.0 Å². The fourth-order valence-corrected chi connectivity index (χ4v) is 1.81. The average molecular weight is 250 g/mol. The molecule has 2 rings (SSSR count). The number of hydrogen-bond donors (Lipinski definition) is 1. The highest BCUT2D eigenvalue weighted by Crippen LogP contribution is 2.15. The summed E-state index contributed by atoms with van der Waals surface area (Å²) < 4.78 is 11.0. The van der Waals surface area contributed by atoms with Crippen LogP contribution in [0.1, 0.15) is 30.1 Å². The van der Waals surface area contributed by atoms with Crippen molar-refractivity contribution in [2.75, 3.05) is 19.8 Å². The first-order valence-electron chi connectivity index (χ1n) is 6.28. The van der Waals surface area contributed by atoms with Gasteiger partial charge in [-0.3, -0.25) is 4.79 Å². The largest absolute Gasteiger partial charge is 0.474 e. The van der Waals surface area contributed by atoms with E-state index in [9.17, 15) is 4.79 Å². The smallest absolute Gasteiger partial charge is 0.252 e. The van der Waals surface area contributed by atoms with Crippen molar-refractivity contribution < 1.29 is 14.3 Å². The quantitative estimate of drug-likeness (QED) is 0.877. The number of amides is 1. The van der Waals surface area contributed by atoms with E-state index in [4.69, 9.17) is 9.47 Å². The normalized spacial score (nSPS) is 16.3. The van der Waals surface area contributed by atoms with Crippen LogP contribution in [0.25, 0.3) is 0 Å². The lowest BCUT2D eigenvalue weighted by Crippen LogP contribution is -2.26. The van der Waals surface area contributed by atoms with E-state index in [1.54, 1.807) is 18.3 Å². The molecule has 0 aliphatic carbocycles. The second-order valence-electron chi connectivity index (χ2n) is 4.17. The van der Waals surface area contributed by atoms with Gasteiger partial charge in [0.1, 0.15) is 6.10 Å². The number of aromatic nitrogens is 1. The van der Waals surface area contributed by atoms with Crippen molar-refractivity contribution in [1.29, 1.82) is 0 Å². The van der Waals surface area contributed by atoms with E-state index in [1.807, 2.05) is 6.92 Å². The highest BCUT2D eigenvalue weighted by molar-refractivity contribution is 5.93. The lowest BCUT2D eigenvalue weighted by Gasteiger charge is -2.22. The second kappa shape index (κ2) is 6.35. The van der Waals surface area contributed by atoms with Gasteiger partial charge in [0, 0.05) is 31.6 Å². The molecule has 1 aliphatic heterocycles. The number of carbonyl (C=O) groups is 1. The second-order valence-corrected chi connectivity index (χ2v) is 4.17. The predicted molar refractivity (Wildman–Crippen MR) is 66.7 cm³/mol. The number of nitrogens with zero attached hydrogens (tertiary/aromatic N) is 1. The summed E-state index contributed by atoms with van der Waals surface area (Å²) in [5.41, 5.74) is 0.552. The van der Waals surface area contributed by atoms with Crippen LogP contribution >= 0.6 is 0 Å². The Labute approximate surface area is 107 Å². The summed E-state index contributed by atoms with van der Waals surface area (Å²) >= 11 is 0. The van der Waals surface area contributed by atoms with E-state index < -0.39 is 0 Å². The standard InChI is InChI=1S/C13H18N2O3/c1-2-14-13(16)10-3-4-12(15-9-10)18-11-5-7-17-8-6-11/h3-4,9,11H,2,5-8H2,1H3,(H,14,16). The molecule has 2 heterocycles. The van der Waals surface area contributed by atoms with Gasteiger partial charge >= 0.3 is 0 Å². The number of carbonyl (C=O) groups excluding carboxylic acids is 1. The van der Waals surface area contributed by atoms with Gasteiger partial charge in [0.25, 0.3) is 5.91 Å². The maximum absolute atomic E-state index is 11.5. The number of nitrogens with one attached hydrogen (secondary N) is 1. The van der Waals surface area contributed by atoms with E-state index in [1.165, 1.54) is 0 Å². The van der Waals surface area contributed by atoms with Crippen molar-refractivity contribution >= 4 is 5.91 Å². The summed E-state index contributed by atoms with van der Waals surface area (Å²) in [5, 5.41) is 2.73. The van der Waals surface area contributed by atoms with Crippen LogP contribution in [0, 0.1) is 0 Å². The molecular weight excluding hydrogens is 232 g/mol. The summed E-state index contributed by atoms with van der Waals surface area (Å²) in [7, 11) is 0. The molecule has 0 atom stereocenters. The Morgan fingerprint density at radius 1 is 1.50 bits per heavy atom. The fourth-order valence-electron chi connectivity index (χ4n) is 1.81. The monoisotopic (exact) mass is 250 g/mol. The molecule has 5 nitrogen and oxygen atoms in total. The van der Waals surface area contributed by atoms with Gasteiger partial charge < -0.3 is 14.8 Å². The molecule has 0 bridgehead atoms. The Morgan fingerprint density at radius 2 is 2.28 bits per heavy atom. The average Bonchev–Trinajstić information content (AvgIpc) is 2.41. The van der Waals surface area contributed by atoms with Crippen molar-refractivity contribution in [3.8, 4) is 5.88 Å². The van der Waals surface area contributed by atoms with Crippen LogP contribution in [-0.4, -0.2) is 36.8 Å². The lowest BCUT2D eigenvalue weighted by atomic mass is 10.1. The third-order valence-corrected chi connectivity index (χ3v) is 2.79. The predicted octanol–water partition coefficient (Wildman–Crippen LogP) is 1.39. The molecule has 18 heavy (non-hydrogen) atoms. The molecule has 1 fully saturated rings. The zero-order valence-corrected chi connectivity index (χ0v) is 10.5. The summed E-state index contributed by atoms with van der Waals surface area (Å²) in [5.74, 6) is 0.456. The van der Waals surface area contributed by atoms with E-state index >= 15 is 0 Å². The van der Waals surface area contributed by atoms with Crippen molar-refractivity contribution in [2.45, 2.75) is 25.9 Å². The van der Waals surface area contributed by atoms with Crippen LogP contribution < -0.4 is 10.1 Å². The van der Waals surface area contributed by atoms with Gasteiger partial charge in [0.15, 0.2) is 0 Å². The molecule has 1 amide bonds. The van der Waals surface area contributed by atoms with Crippen LogP contribution in [-0.2, 0) is 4.74 Å². The third-order valence-electron chi connectivity index (χ3n) is 2.79. The Balaban J connectivity index is 1.92. The van der Waals surface area contributed by atoms with Crippen LogP contribution in [0.3, 0.4) is 0 Å². The summed E-state index contributed by atoms with van der Waals surface area (Å²) in [6, 6.07) is 3.46. The molecule has 0 radical (unpaired) electrons. The molecule has 1 saturated heterocycles. The van der Waals surface area contributed by atoms with Gasteiger partial charge in [-0.1, -0.05) is 0 Å². The molecule has 0 spiro atoms. The fraction of sp³-hybridized carbons (Fsp3) is 0.538. The third kappa shape index (κ3) is 3.43. The van der Waals surface area contributed by atoms with Crippen molar-refractivity contribution in [2.24, 2.45) is 0 Å². The van der Waals surface area contributed by atoms with E-state index in [2.05, 4.69) is 10.3 Å². The molecule has 1 aliphatic rings. The number of pyridine rings is 1. The van der Waals surface area contributed by atoms with E-state index in [0.29, 0.717) is 18.0 Å². The SMILES string of the molecule is CCNC(=O)c1ccc(OC2CCOCC2)nc1. The van der Waals surface area contributed by atoms with Gasteiger partial charge in [-0.2, -0.15) is 0 Å². The molecule has 0 aromatic carbocycles. The number of hydrogen-bond acceptors (Lipinski definition) is 4. The maximum atomic E-state index is 11.5. The van der Waals surface area contributed by atoms with Crippen LogP contribution in [0.5, 0.6) is 5.88 Å². The Hall–Kier alpha value is -1.62. The van der Waals surface area contributed by atoms with Crippen LogP contribution in [0.4, 0.5) is 0 Å². The zero-order valence-electron chi connectivity index (χ0n) is 10.5. The Morgan fingerprint density at radius 3 is 2.89 bits per heavy atom. The van der Waals surface area contributed by atoms with Gasteiger partial charge in [0.2, 0.25) is 5.88 Å². The summed E-state index contributed by atoms with van der Waals surface area (Å²) in [4.78, 5) is 15.7. The first kappa shape index (κ1) is 12.8. The molecule has 1 N–H and O–H groups in total. The van der Waals surface area contributed by atoms with Gasteiger partial charge in [-0.25, -0.2) is 4.98 Å². The first-order valence-corrected chi connectivity index (χ1v) is 6.28. The molecule has 98 valence electrons. The minimum absolute atomic E-state index is 0.109. The van der Waals surface area contributed by atoms with Crippen LogP contribution in [0.15, 0.2) is 18.3 Å².